The van der Waals surface area contributed by atoms with Crippen molar-refractivity contribution < 1.29 is 9.94 Å². The van der Waals surface area contributed by atoms with Crippen LogP contribution in [0, 0.1) is 35.5 Å². The fourth-order valence-electron chi connectivity index (χ4n) is 8.63. The quantitative estimate of drug-likeness (QED) is 0.146. The maximum atomic E-state index is 7.03. The number of hydrogen-bond donors (Lipinski definition) is 3. The summed E-state index contributed by atoms with van der Waals surface area (Å²) in [5.41, 5.74) is 7.16. The SMILES string of the molecule is CC.CCC(C)CCC(CC)C(CCC1CC(C)CC(OC)C1)CCN1CCC(N)(C2CCCCC2)CC1.CCCCC.NO. The molecule has 1 aliphatic heterocycles. The van der Waals surface area contributed by atoms with Gasteiger partial charge in [-0.2, -0.15) is 0 Å². The van der Waals surface area contributed by atoms with Crippen molar-refractivity contribution in [2.24, 2.45) is 47.1 Å². The third-order valence-electron chi connectivity index (χ3n) is 11.9. The van der Waals surface area contributed by atoms with E-state index < -0.39 is 0 Å². The lowest BCUT2D eigenvalue weighted by molar-refractivity contribution is 0.0272. The monoisotopic (exact) mass is 640 g/mol. The Morgan fingerprint density at radius 2 is 1.44 bits per heavy atom. The van der Waals surface area contributed by atoms with E-state index in [1.54, 1.807) is 0 Å². The summed E-state index contributed by atoms with van der Waals surface area (Å²) in [5.74, 6) is 8.66. The molecule has 3 fully saturated rings. The highest BCUT2D eigenvalue weighted by atomic mass is 16.5. The van der Waals surface area contributed by atoms with Gasteiger partial charge in [-0.15, -0.1) is 0 Å². The lowest BCUT2D eigenvalue weighted by Crippen LogP contribution is -2.55. The number of nitrogens with two attached hydrogens (primary N) is 2. The van der Waals surface area contributed by atoms with Crippen molar-refractivity contribution in [2.75, 3.05) is 26.7 Å². The second-order valence-corrected chi connectivity index (χ2v) is 15.2. The summed E-state index contributed by atoms with van der Waals surface area (Å²) in [6.45, 7) is 21.9. The zero-order valence-corrected chi connectivity index (χ0v) is 32.3. The summed E-state index contributed by atoms with van der Waals surface area (Å²) in [7, 11) is 1.92. The Balaban J connectivity index is 0.00000192. The molecule has 0 aromatic carbocycles. The van der Waals surface area contributed by atoms with Gasteiger partial charge in [-0.1, -0.05) is 120 Å². The van der Waals surface area contributed by atoms with Gasteiger partial charge in [-0.25, -0.2) is 5.90 Å². The molecule has 0 amide bonds. The zero-order chi connectivity index (χ0) is 34.1. The summed E-state index contributed by atoms with van der Waals surface area (Å²) in [4.78, 5) is 2.78. The first-order valence-electron chi connectivity index (χ1n) is 20.1. The number of rotatable bonds is 16. The Morgan fingerprint density at radius 1 is 0.822 bits per heavy atom. The number of likely N-dealkylation sites (tertiary alicyclic amines) is 1. The fourth-order valence-corrected chi connectivity index (χ4v) is 8.63. The van der Waals surface area contributed by atoms with Crippen LogP contribution in [-0.2, 0) is 4.74 Å². The summed E-state index contributed by atoms with van der Waals surface area (Å²) >= 11 is 0. The van der Waals surface area contributed by atoms with Gasteiger partial charge in [0.2, 0.25) is 0 Å². The maximum Gasteiger partial charge on any atom is 0.0576 e. The third kappa shape index (κ3) is 18.2. The predicted molar refractivity (Wildman–Crippen MR) is 199 cm³/mol. The van der Waals surface area contributed by atoms with Crippen molar-refractivity contribution >= 4 is 0 Å². The van der Waals surface area contributed by atoms with Gasteiger partial charge < -0.3 is 20.6 Å². The molecular formula is C40H85N3O2. The van der Waals surface area contributed by atoms with Crippen LogP contribution in [0.1, 0.15) is 184 Å². The van der Waals surface area contributed by atoms with E-state index in [1.807, 2.05) is 21.0 Å². The first-order valence-corrected chi connectivity index (χ1v) is 20.1. The highest BCUT2D eigenvalue weighted by Crippen LogP contribution is 2.39. The predicted octanol–water partition coefficient (Wildman–Crippen LogP) is 11.0. The van der Waals surface area contributed by atoms with Crippen LogP contribution in [0.15, 0.2) is 0 Å². The van der Waals surface area contributed by atoms with E-state index in [0.29, 0.717) is 6.10 Å². The van der Waals surface area contributed by atoms with Crippen LogP contribution in [0.2, 0.25) is 0 Å². The molecule has 0 aromatic rings. The summed E-state index contributed by atoms with van der Waals surface area (Å²) in [5, 5.41) is 6.50. The van der Waals surface area contributed by atoms with E-state index in [2.05, 4.69) is 52.3 Å². The molecule has 0 radical (unpaired) electrons. The van der Waals surface area contributed by atoms with Crippen LogP contribution >= 0.6 is 0 Å². The lowest BCUT2D eigenvalue weighted by Gasteiger charge is -2.46. The van der Waals surface area contributed by atoms with E-state index >= 15 is 0 Å². The molecule has 5 nitrogen and oxygen atoms in total. The molecule has 1 saturated heterocycles. The summed E-state index contributed by atoms with van der Waals surface area (Å²) in [6, 6.07) is 0. The number of unbranched alkanes of at least 4 members (excludes halogenated alkanes) is 2. The van der Waals surface area contributed by atoms with E-state index in [0.717, 1.165) is 35.5 Å². The standard InChI is InChI=1S/C33H64N2O.C5H12.C2H6.H3NO/c1-6-26(3)13-15-29(7-2)30(16-14-28-23-27(4)24-32(25-28)36-5)17-20-35-21-18-33(34,19-22-35)31-11-9-8-10-12-31;1-3-5-4-2;2*1-2/h26-32H,6-25,34H2,1-5H3;3-5H2,1-2H3;1-2H3;2H,1H2. The Kier molecular flexibility index (Phi) is 27.6. The van der Waals surface area contributed by atoms with E-state index in [9.17, 15) is 0 Å². The van der Waals surface area contributed by atoms with Crippen LogP contribution in [0.3, 0.4) is 0 Å². The molecule has 0 aromatic heterocycles. The Bertz CT molecular complexity index is 631. The number of nitrogens with zero attached hydrogens (tertiary/aromatic N) is 1. The van der Waals surface area contributed by atoms with Gasteiger partial charge in [0.05, 0.1) is 6.10 Å². The van der Waals surface area contributed by atoms with Crippen LogP contribution in [-0.4, -0.2) is 48.5 Å². The van der Waals surface area contributed by atoms with E-state index in [4.69, 9.17) is 15.7 Å². The Morgan fingerprint density at radius 3 is 1.96 bits per heavy atom. The smallest absolute Gasteiger partial charge is 0.0576 e. The van der Waals surface area contributed by atoms with Gasteiger partial charge in [0, 0.05) is 12.6 Å². The minimum Gasteiger partial charge on any atom is -0.381 e. The van der Waals surface area contributed by atoms with E-state index in [-0.39, 0.29) is 5.54 Å². The second kappa shape index (κ2) is 27.7. The van der Waals surface area contributed by atoms with Crippen molar-refractivity contribution in [1.82, 2.24) is 4.90 Å². The molecule has 5 N–H and O–H groups in total. The molecule has 45 heavy (non-hydrogen) atoms. The molecule has 0 bridgehead atoms. The molecule has 3 aliphatic rings. The topological polar surface area (TPSA) is 84.7 Å². The van der Waals surface area contributed by atoms with Crippen molar-refractivity contribution in [3.05, 3.63) is 0 Å². The fraction of sp³-hybridized carbons (Fsp3) is 1.00. The molecule has 272 valence electrons. The first-order chi connectivity index (χ1) is 21.8. The van der Waals surface area contributed by atoms with Crippen molar-refractivity contribution in [3.63, 3.8) is 0 Å². The molecule has 6 atom stereocenters. The third-order valence-corrected chi connectivity index (χ3v) is 11.9. The van der Waals surface area contributed by atoms with Crippen molar-refractivity contribution in [2.45, 2.75) is 195 Å². The molecule has 3 rings (SSSR count). The van der Waals surface area contributed by atoms with E-state index in [1.165, 1.54) is 148 Å². The number of piperidine rings is 1. The average molecular weight is 640 g/mol. The lowest BCUT2D eigenvalue weighted by atomic mass is 9.70. The molecule has 5 heteroatoms. The highest BCUT2D eigenvalue weighted by molar-refractivity contribution is 4.96. The molecule has 2 aliphatic carbocycles. The van der Waals surface area contributed by atoms with Crippen molar-refractivity contribution in [3.8, 4) is 0 Å². The highest BCUT2D eigenvalue weighted by Gasteiger charge is 2.38. The van der Waals surface area contributed by atoms with Crippen LogP contribution in [0.4, 0.5) is 0 Å². The zero-order valence-electron chi connectivity index (χ0n) is 32.3. The summed E-state index contributed by atoms with van der Waals surface area (Å²) in [6.07, 6.45) is 27.8. The summed E-state index contributed by atoms with van der Waals surface area (Å²) < 4.78 is 5.81. The Labute approximate surface area is 283 Å². The van der Waals surface area contributed by atoms with Gasteiger partial charge in [-0.3, -0.25) is 0 Å². The number of hydrogen-bond acceptors (Lipinski definition) is 5. The van der Waals surface area contributed by atoms with Gasteiger partial charge in [0.1, 0.15) is 0 Å². The molecule has 0 spiro atoms. The van der Waals surface area contributed by atoms with Gasteiger partial charge >= 0.3 is 0 Å². The van der Waals surface area contributed by atoms with Gasteiger partial charge in [0.15, 0.2) is 0 Å². The average Bonchev–Trinajstić information content (AvgIpc) is 3.09. The minimum absolute atomic E-state index is 0.133. The largest absolute Gasteiger partial charge is 0.381 e. The Hall–Kier alpha value is -0.200. The van der Waals surface area contributed by atoms with Crippen molar-refractivity contribution in [1.29, 1.82) is 0 Å². The van der Waals surface area contributed by atoms with Crippen LogP contribution < -0.4 is 11.6 Å². The molecule has 6 unspecified atom stereocenters. The molecule has 2 saturated carbocycles. The molecular weight excluding hydrogens is 554 g/mol. The normalized spacial score (nSPS) is 25.7. The molecule has 1 heterocycles. The first kappa shape index (κ1) is 44.8. The second-order valence-electron chi connectivity index (χ2n) is 15.2. The van der Waals surface area contributed by atoms with Crippen LogP contribution in [0.25, 0.3) is 0 Å². The minimum atomic E-state index is 0.133. The van der Waals surface area contributed by atoms with Gasteiger partial charge in [0.25, 0.3) is 0 Å². The number of methoxy groups -OCH3 is 1. The van der Waals surface area contributed by atoms with Crippen LogP contribution in [0.5, 0.6) is 0 Å². The maximum absolute atomic E-state index is 7.03. The van der Waals surface area contributed by atoms with Gasteiger partial charge in [-0.05, 0) is 119 Å². The number of ether oxygens (including phenoxy) is 1.